The van der Waals surface area contributed by atoms with Crippen LogP contribution in [-0.2, 0) is 30.4 Å². The maximum Gasteiger partial charge on any atom is 0.296 e. The minimum absolute atomic E-state index is 0.0501. The summed E-state index contributed by atoms with van der Waals surface area (Å²) in [7, 11) is -14.2. The summed E-state index contributed by atoms with van der Waals surface area (Å²) in [5.41, 5.74) is 5.13. The molecule has 0 spiro atoms. The lowest BCUT2D eigenvalue weighted by Gasteiger charge is -2.12. The van der Waals surface area contributed by atoms with Crippen molar-refractivity contribution in [3.63, 3.8) is 0 Å². The van der Waals surface area contributed by atoms with Crippen LogP contribution >= 0.6 is 0 Å². The van der Waals surface area contributed by atoms with Crippen LogP contribution in [0.5, 0.6) is 5.75 Å². The normalized spacial score (nSPS) is 13.1. The zero-order valence-corrected chi connectivity index (χ0v) is 18.8. The molecule has 0 radical (unpaired) electrons. The molecule has 0 unspecified atom stereocenters. The molecule has 3 rings (SSSR count). The van der Waals surface area contributed by atoms with Gasteiger partial charge >= 0.3 is 0 Å². The second-order valence-corrected chi connectivity index (χ2v) is 11.0. The first-order valence-corrected chi connectivity index (χ1v) is 12.9. The van der Waals surface area contributed by atoms with Gasteiger partial charge in [-0.2, -0.15) is 30.4 Å². The molecule has 3 aromatic carbocycles. The fourth-order valence-electron chi connectivity index (χ4n) is 2.94. The van der Waals surface area contributed by atoms with E-state index in [1.807, 2.05) is 0 Å². The van der Waals surface area contributed by atoms with Crippen LogP contribution in [0, 0.1) is 6.92 Å². The first-order valence-electron chi connectivity index (χ1n) is 8.54. The molecule has 0 heterocycles. The number of aromatic hydroxyl groups is 1. The summed E-state index contributed by atoms with van der Waals surface area (Å²) in [6.45, 7) is 1.43. The predicted molar refractivity (Wildman–Crippen MR) is 115 cm³/mol. The summed E-state index contributed by atoms with van der Waals surface area (Å²) in [5.74, 6) is -0.732. The van der Waals surface area contributed by atoms with Crippen molar-refractivity contribution < 1.29 is 44.0 Å². The number of phenols is 1. The third-order valence-electron chi connectivity index (χ3n) is 4.47. The first-order chi connectivity index (χ1) is 15.0. The number of rotatable bonds is 5. The number of nitrogen functional groups attached to an aromatic ring is 1. The Morgan fingerprint density at radius 1 is 0.788 bits per heavy atom. The lowest BCUT2D eigenvalue weighted by molar-refractivity contribution is 0.471. The Bertz CT molecular complexity index is 1660. The first kappa shape index (κ1) is 24.5. The fraction of sp³-hybridized carbons (Fsp3) is 0.0588. The summed E-state index contributed by atoms with van der Waals surface area (Å²) >= 11 is 0. The van der Waals surface area contributed by atoms with Gasteiger partial charge in [0, 0.05) is 11.5 Å². The molecule has 6 N–H and O–H groups in total. The molecule has 0 aliphatic carbocycles. The molecule has 0 aliphatic heterocycles. The van der Waals surface area contributed by atoms with E-state index in [2.05, 4.69) is 10.2 Å². The number of azo groups is 1. The average molecular weight is 518 g/mol. The number of hydrogen-bond acceptors (Lipinski definition) is 10. The van der Waals surface area contributed by atoms with E-state index in [1.165, 1.54) is 13.0 Å². The molecule has 0 amide bonds. The molecule has 0 aliphatic rings. The molecule has 0 saturated carbocycles. The number of nitrogens with zero attached hydrogens (tertiary/aromatic N) is 2. The number of anilines is 1. The number of hydrogen-bond donors (Lipinski definition) is 5. The molecule has 0 bridgehead atoms. The van der Waals surface area contributed by atoms with Crippen LogP contribution in [0.15, 0.2) is 61.3 Å². The van der Waals surface area contributed by atoms with E-state index < -0.39 is 62.2 Å². The van der Waals surface area contributed by atoms with Crippen LogP contribution in [0.25, 0.3) is 10.8 Å². The summed E-state index contributed by atoms with van der Waals surface area (Å²) in [5, 5.41) is 17.3. The zero-order chi connectivity index (χ0) is 24.9. The van der Waals surface area contributed by atoms with Gasteiger partial charge in [-0.15, -0.1) is 5.11 Å². The van der Waals surface area contributed by atoms with Gasteiger partial charge < -0.3 is 10.8 Å². The van der Waals surface area contributed by atoms with E-state index in [9.17, 15) is 39.5 Å². The number of aryl methyl sites for hydroxylation is 1. The molecule has 33 heavy (non-hydrogen) atoms. The summed E-state index contributed by atoms with van der Waals surface area (Å²) in [4.78, 5) is -2.05. The molecule has 0 atom stereocenters. The monoisotopic (exact) mass is 517 g/mol. The van der Waals surface area contributed by atoms with E-state index in [0.29, 0.717) is 6.07 Å². The van der Waals surface area contributed by atoms with E-state index in [-0.39, 0.29) is 22.0 Å². The highest BCUT2D eigenvalue weighted by molar-refractivity contribution is 7.86. The fourth-order valence-corrected chi connectivity index (χ4v) is 4.72. The molecule has 176 valence electrons. The van der Waals surface area contributed by atoms with Crippen molar-refractivity contribution in [2.75, 3.05) is 5.73 Å². The predicted octanol–water partition coefficient (Wildman–Crippen LogP) is 2.59. The van der Waals surface area contributed by atoms with Gasteiger partial charge in [-0.05, 0) is 48.2 Å². The largest absolute Gasteiger partial charge is 0.507 e. The minimum Gasteiger partial charge on any atom is -0.507 e. The van der Waals surface area contributed by atoms with Crippen LogP contribution < -0.4 is 5.73 Å². The van der Waals surface area contributed by atoms with Crippen LogP contribution in [0.3, 0.4) is 0 Å². The number of phenolic OH excluding ortho intramolecular Hbond substituents is 1. The van der Waals surface area contributed by atoms with E-state index >= 15 is 0 Å². The Morgan fingerprint density at radius 3 is 1.91 bits per heavy atom. The van der Waals surface area contributed by atoms with Gasteiger partial charge in [-0.1, -0.05) is 0 Å². The van der Waals surface area contributed by atoms with E-state index in [0.717, 1.165) is 24.3 Å². The topological polar surface area (TPSA) is 234 Å². The smallest absolute Gasteiger partial charge is 0.296 e. The molecule has 16 heteroatoms. The minimum atomic E-state index is -4.99. The Kier molecular flexibility index (Phi) is 5.95. The zero-order valence-electron chi connectivity index (χ0n) is 16.4. The van der Waals surface area contributed by atoms with Gasteiger partial charge in [0.25, 0.3) is 30.4 Å². The highest BCUT2D eigenvalue weighted by Crippen LogP contribution is 2.43. The van der Waals surface area contributed by atoms with Crippen LogP contribution in [0.4, 0.5) is 17.1 Å². The molecule has 0 aromatic heterocycles. The van der Waals surface area contributed by atoms with Gasteiger partial charge in [-0.3, -0.25) is 13.7 Å². The van der Waals surface area contributed by atoms with Crippen LogP contribution in [-0.4, -0.2) is 44.0 Å². The van der Waals surface area contributed by atoms with Crippen molar-refractivity contribution in [3.05, 3.63) is 42.0 Å². The molecule has 0 saturated heterocycles. The van der Waals surface area contributed by atoms with E-state index in [4.69, 9.17) is 10.3 Å². The maximum absolute atomic E-state index is 11.9. The number of benzene rings is 3. The summed E-state index contributed by atoms with van der Waals surface area (Å²) < 4.78 is 97.0. The highest BCUT2D eigenvalue weighted by atomic mass is 32.2. The molecule has 3 aromatic rings. The Balaban J connectivity index is 2.28. The Morgan fingerprint density at radius 2 is 1.39 bits per heavy atom. The van der Waals surface area contributed by atoms with Crippen molar-refractivity contribution in [1.82, 2.24) is 0 Å². The Labute approximate surface area is 187 Å². The summed E-state index contributed by atoms with van der Waals surface area (Å²) in [6.07, 6.45) is 0. The number of nitrogens with two attached hydrogens (primary N) is 1. The standard InChI is InChI=1S/C17H15N3O10S3/c1-8-4-10(31(22,23)24)2-3-12(8)19-20-17-14(33(28,29)30)6-9-5-11(32(25,26)27)7-13(21)15(9)16(17)18/h2-7,21H,18H2,1H3,(H,22,23,24)(H,25,26,27)(H,28,29,30). The van der Waals surface area contributed by atoms with Crippen LogP contribution in [0.1, 0.15) is 5.56 Å². The third kappa shape index (κ3) is 4.95. The van der Waals surface area contributed by atoms with E-state index in [1.54, 1.807) is 0 Å². The third-order valence-corrected chi connectivity index (χ3v) is 7.01. The van der Waals surface area contributed by atoms with Gasteiger partial charge in [0.05, 0.1) is 21.2 Å². The highest BCUT2D eigenvalue weighted by Gasteiger charge is 2.24. The van der Waals surface area contributed by atoms with Crippen molar-refractivity contribution in [3.8, 4) is 5.75 Å². The van der Waals surface area contributed by atoms with Gasteiger partial charge in [0.15, 0.2) is 0 Å². The maximum atomic E-state index is 11.9. The number of fused-ring (bicyclic) bond motifs is 1. The van der Waals surface area contributed by atoms with Gasteiger partial charge in [0.1, 0.15) is 16.3 Å². The van der Waals surface area contributed by atoms with Crippen molar-refractivity contribution in [1.29, 1.82) is 0 Å². The lowest BCUT2D eigenvalue weighted by atomic mass is 10.1. The van der Waals surface area contributed by atoms with Crippen molar-refractivity contribution in [2.45, 2.75) is 21.6 Å². The van der Waals surface area contributed by atoms with Crippen molar-refractivity contribution in [2.24, 2.45) is 10.2 Å². The van der Waals surface area contributed by atoms with Gasteiger partial charge in [0.2, 0.25) is 0 Å². The summed E-state index contributed by atoms with van der Waals surface area (Å²) in [6, 6.07) is 5.56. The van der Waals surface area contributed by atoms with Gasteiger partial charge in [-0.25, -0.2) is 0 Å². The molecule has 0 fully saturated rings. The second kappa shape index (κ2) is 8.01. The second-order valence-electron chi connectivity index (χ2n) is 6.75. The van der Waals surface area contributed by atoms with Crippen LogP contribution in [0.2, 0.25) is 0 Å². The average Bonchev–Trinajstić information content (AvgIpc) is 2.65. The Hall–Kier alpha value is -3.15. The molecular formula is C17H15N3O10S3. The van der Waals surface area contributed by atoms with Crippen molar-refractivity contribution >= 4 is 58.2 Å². The molecular weight excluding hydrogens is 502 g/mol. The quantitative estimate of drug-likeness (QED) is 0.187. The SMILES string of the molecule is Cc1cc(S(=O)(=O)O)ccc1N=Nc1c(S(=O)(=O)O)cc2cc(S(=O)(=O)O)cc(O)c2c1N. The lowest BCUT2D eigenvalue weighted by Crippen LogP contribution is -2.03. The molecule has 13 nitrogen and oxygen atoms in total.